The summed E-state index contributed by atoms with van der Waals surface area (Å²) in [6.45, 7) is 9.16. The molecule has 0 fully saturated rings. The second-order valence-electron chi connectivity index (χ2n) is 16.7. The van der Waals surface area contributed by atoms with Crippen LogP contribution in [0, 0.1) is 0 Å². The van der Waals surface area contributed by atoms with E-state index in [1.54, 1.807) is 0 Å². The van der Waals surface area contributed by atoms with E-state index in [0.717, 1.165) is 109 Å². The second kappa shape index (κ2) is 15.1. The van der Waals surface area contributed by atoms with Gasteiger partial charge in [-0.25, -0.2) is 23.7 Å². The van der Waals surface area contributed by atoms with Crippen LogP contribution in [0.15, 0.2) is 152 Å². The van der Waals surface area contributed by atoms with Crippen molar-refractivity contribution in [1.82, 2.24) is 19.9 Å². The topological polar surface area (TPSA) is 69.0 Å². The SMILES string of the molecule is CC[n+]1ccc(-c2c3nc(c(-c4cc[n+](CC)cc4)c4ccc([nH]4)c(-c4ccc5ccc6cccc7ccc4c5c67)c4nc(c(-c5cc[n+](CC)cc5)c5ccc2[nH]5)C=C4)C=C3)cc1. The Hall–Kier alpha value is -8.03. The molecule has 6 aromatic heterocycles. The monoisotopic (exact) mass is 828 g/mol. The van der Waals surface area contributed by atoms with Crippen molar-refractivity contribution < 1.29 is 13.7 Å². The Bertz CT molecular complexity index is 3640. The first kappa shape index (κ1) is 37.7. The zero-order chi connectivity index (χ0) is 42.9. The maximum absolute atomic E-state index is 5.63. The van der Waals surface area contributed by atoms with E-state index >= 15 is 0 Å². The third-order valence-electron chi connectivity index (χ3n) is 13.2. The van der Waals surface area contributed by atoms with Crippen LogP contribution in [-0.2, 0) is 19.6 Å². The number of hydrogen-bond acceptors (Lipinski definition) is 2. The maximum atomic E-state index is 5.63. The fourth-order valence-electron chi connectivity index (χ4n) is 9.86. The standard InChI is InChI=1S/C57H45N7/c1-4-62-30-24-39(25-31-62)54-44-16-18-46(58-44)55(40-26-32-63(5-2)33-27-40)48-20-22-50(60-48)57(43-15-13-38-11-10-36-8-7-9-37-12-14-42(43)53(38)52(36)37)51-23-21-49(61-51)56(47-19-17-45(54)59-47)41-28-34-64(6-3)35-29-41/h7-35H,4-6H2,1-3H3,(H,58,59,60,61)/q+2/p+1. The number of pyridine rings is 3. The molecule has 4 aromatic carbocycles. The van der Waals surface area contributed by atoms with Crippen LogP contribution in [0.4, 0.5) is 0 Å². The molecule has 0 saturated heterocycles. The lowest BCUT2D eigenvalue weighted by Gasteiger charge is -2.14. The van der Waals surface area contributed by atoms with E-state index in [2.05, 4.69) is 221 Å². The summed E-state index contributed by atoms with van der Waals surface area (Å²) in [5.74, 6) is 0. The molecule has 2 aliphatic rings. The van der Waals surface area contributed by atoms with Crippen molar-refractivity contribution in [2.24, 2.45) is 0 Å². The van der Waals surface area contributed by atoms with Crippen LogP contribution in [0.1, 0.15) is 43.5 Å². The van der Waals surface area contributed by atoms with Gasteiger partial charge in [-0.3, -0.25) is 0 Å². The molecular formula is C57H46N7+3. The molecule has 0 aliphatic carbocycles. The molecule has 64 heavy (non-hydrogen) atoms. The summed E-state index contributed by atoms with van der Waals surface area (Å²) in [6, 6.07) is 42.2. The number of fused-ring (bicyclic) bond motifs is 8. The molecule has 8 bridgehead atoms. The van der Waals surface area contributed by atoms with Crippen molar-refractivity contribution in [3.05, 3.63) is 175 Å². The number of aromatic amines is 2. The largest absolute Gasteiger partial charge is 0.354 e. The van der Waals surface area contributed by atoms with Gasteiger partial charge in [0.05, 0.1) is 22.8 Å². The zero-order valence-electron chi connectivity index (χ0n) is 36.1. The van der Waals surface area contributed by atoms with Crippen LogP contribution < -0.4 is 13.7 Å². The van der Waals surface area contributed by atoms with Crippen molar-refractivity contribution in [3.63, 3.8) is 0 Å². The van der Waals surface area contributed by atoms with Crippen LogP contribution >= 0.6 is 0 Å². The average molecular weight is 829 g/mol. The van der Waals surface area contributed by atoms with Crippen molar-refractivity contribution >= 4 is 78.7 Å². The fourth-order valence-corrected chi connectivity index (χ4v) is 9.86. The van der Waals surface area contributed by atoms with Gasteiger partial charge in [0.25, 0.3) is 0 Å². The van der Waals surface area contributed by atoms with E-state index in [-0.39, 0.29) is 0 Å². The molecule has 2 N–H and O–H groups in total. The van der Waals surface area contributed by atoms with Gasteiger partial charge in [-0.1, -0.05) is 54.6 Å². The van der Waals surface area contributed by atoms with Gasteiger partial charge in [-0.15, -0.1) is 0 Å². The number of benzene rings is 4. The molecule has 7 nitrogen and oxygen atoms in total. The Morgan fingerprint density at radius 1 is 0.375 bits per heavy atom. The first-order chi connectivity index (χ1) is 31.5. The molecule has 0 saturated carbocycles. The van der Waals surface area contributed by atoms with Gasteiger partial charge in [-0.2, -0.15) is 0 Å². The summed E-state index contributed by atoms with van der Waals surface area (Å²) in [5.41, 5.74) is 16.0. The van der Waals surface area contributed by atoms with Gasteiger partial charge >= 0.3 is 0 Å². The van der Waals surface area contributed by atoms with Crippen molar-refractivity contribution in [3.8, 4) is 44.5 Å². The van der Waals surface area contributed by atoms with Gasteiger partial charge in [-0.05, 0) is 124 Å². The van der Waals surface area contributed by atoms with Crippen LogP contribution in [0.3, 0.4) is 0 Å². The predicted octanol–water partition coefficient (Wildman–Crippen LogP) is 12.1. The lowest BCUT2D eigenvalue weighted by molar-refractivity contribution is -0.693. The van der Waals surface area contributed by atoms with Gasteiger partial charge < -0.3 is 9.97 Å². The Labute approximate surface area is 371 Å². The average Bonchev–Trinajstić information content (AvgIpc) is 4.20. The van der Waals surface area contributed by atoms with Crippen LogP contribution in [-0.4, -0.2) is 19.9 Å². The van der Waals surface area contributed by atoms with E-state index in [4.69, 9.17) is 9.97 Å². The van der Waals surface area contributed by atoms with Gasteiger partial charge in [0.15, 0.2) is 37.2 Å². The van der Waals surface area contributed by atoms with Gasteiger partial charge in [0.2, 0.25) is 0 Å². The highest BCUT2D eigenvalue weighted by Gasteiger charge is 2.22. The quantitative estimate of drug-likeness (QED) is 0.124. The Kier molecular flexibility index (Phi) is 8.90. The smallest absolute Gasteiger partial charge is 0.169 e. The number of rotatable bonds is 7. The second-order valence-corrected chi connectivity index (χ2v) is 16.7. The number of nitrogens with one attached hydrogen (secondary N) is 2. The fraction of sp³-hybridized carbons (Fsp3) is 0.105. The molecule has 0 spiro atoms. The molecule has 306 valence electrons. The third kappa shape index (κ3) is 6.15. The van der Waals surface area contributed by atoms with E-state index in [1.165, 1.54) is 32.3 Å². The number of aromatic nitrogens is 7. The van der Waals surface area contributed by atoms with Crippen LogP contribution in [0.25, 0.3) is 123 Å². The third-order valence-corrected chi connectivity index (χ3v) is 13.2. The van der Waals surface area contributed by atoms with Crippen molar-refractivity contribution in [1.29, 1.82) is 0 Å². The molecule has 0 unspecified atom stereocenters. The summed E-state index contributed by atoms with van der Waals surface area (Å²) >= 11 is 0. The molecule has 0 radical (unpaired) electrons. The molecule has 8 heterocycles. The zero-order valence-corrected chi connectivity index (χ0v) is 36.1. The highest BCUT2D eigenvalue weighted by Crippen LogP contribution is 2.43. The summed E-state index contributed by atoms with van der Waals surface area (Å²) in [6.07, 6.45) is 21.6. The molecule has 10 aromatic rings. The number of hydrogen-bond donors (Lipinski definition) is 2. The molecule has 7 heteroatoms. The highest BCUT2D eigenvalue weighted by atomic mass is 14.9. The minimum Gasteiger partial charge on any atom is -0.354 e. The maximum Gasteiger partial charge on any atom is 0.169 e. The van der Waals surface area contributed by atoms with Crippen LogP contribution in [0.2, 0.25) is 0 Å². The first-order valence-corrected chi connectivity index (χ1v) is 22.4. The van der Waals surface area contributed by atoms with Gasteiger partial charge in [0.1, 0.15) is 19.6 Å². The Balaban J connectivity index is 1.24. The minimum absolute atomic E-state index is 0.890. The van der Waals surface area contributed by atoms with E-state index in [0.29, 0.717) is 0 Å². The minimum atomic E-state index is 0.890. The summed E-state index contributed by atoms with van der Waals surface area (Å²) in [5, 5.41) is 7.48. The Morgan fingerprint density at radius 2 is 0.734 bits per heavy atom. The highest BCUT2D eigenvalue weighted by molar-refractivity contribution is 6.26. The number of H-pyrrole nitrogens is 2. The number of aryl methyl sites for hydroxylation is 3. The first-order valence-electron chi connectivity index (χ1n) is 22.4. The van der Waals surface area contributed by atoms with E-state index in [1.807, 2.05) is 0 Å². The molecule has 0 amide bonds. The van der Waals surface area contributed by atoms with Crippen LogP contribution in [0.5, 0.6) is 0 Å². The molecular weight excluding hydrogens is 783 g/mol. The van der Waals surface area contributed by atoms with Crippen molar-refractivity contribution in [2.45, 2.75) is 40.4 Å². The number of nitrogens with zero attached hydrogens (tertiary/aromatic N) is 5. The summed E-state index contributed by atoms with van der Waals surface area (Å²) in [4.78, 5) is 19.0. The molecule has 0 atom stereocenters. The molecule has 12 rings (SSSR count). The predicted molar refractivity (Wildman–Crippen MR) is 262 cm³/mol. The van der Waals surface area contributed by atoms with Crippen molar-refractivity contribution in [2.75, 3.05) is 0 Å². The Morgan fingerprint density at radius 3 is 1.16 bits per heavy atom. The summed E-state index contributed by atoms with van der Waals surface area (Å²) in [7, 11) is 0. The van der Waals surface area contributed by atoms with E-state index in [9.17, 15) is 0 Å². The summed E-state index contributed by atoms with van der Waals surface area (Å²) < 4.78 is 6.57. The van der Waals surface area contributed by atoms with Gasteiger partial charge in [0, 0.05) is 80.7 Å². The normalized spacial score (nSPS) is 12.4. The lowest BCUT2D eigenvalue weighted by Crippen LogP contribution is -2.30. The molecule has 2 aliphatic heterocycles. The van der Waals surface area contributed by atoms with E-state index < -0.39 is 0 Å². The lowest BCUT2D eigenvalue weighted by atomic mass is 9.89.